The van der Waals surface area contributed by atoms with Crippen molar-refractivity contribution in [1.82, 2.24) is 15.3 Å². The number of nitrogens with one attached hydrogen (secondary N) is 2. The maximum absolute atomic E-state index is 11.9. The normalized spacial score (nSPS) is 13.2. The molecule has 1 aromatic carbocycles. The molecule has 0 radical (unpaired) electrons. The third-order valence-corrected chi connectivity index (χ3v) is 4.06. The first kappa shape index (κ1) is 16.2. The zero-order valence-electron chi connectivity index (χ0n) is 14.1. The second kappa shape index (κ2) is 7.29. The Morgan fingerprint density at radius 1 is 1.33 bits per heavy atom. The highest BCUT2D eigenvalue weighted by Gasteiger charge is 2.22. The minimum Gasteiger partial charge on any atom is -0.497 e. The van der Waals surface area contributed by atoms with Crippen molar-refractivity contribution in [3.8, 4) is 5.75 Å². The third kappa shape index (κ3) is 3.64. The number of anilines is 1. The summed E-state index contributed by atoms with van der Waals surface area (Å²) in [6.07, 6.45) is 2.69. The van der Waals surface area contributed by atoms with Crippen molar-refractivity contribution in [2.75, 3.05) is 25.5 Å². The smallest absolute Gasteiger partial charge is 0.270 e. The molecule has 0 spiro atoms. The highest BCUT2D eigenvalue weighted by molar-refractivity contribution is 5.95. The second-order valence-electron chi connectivity index (χ2n) is 5.83. The first-order chi connectivity index (χ1) is 11.7. The molecule has 0 unspecified atom stereocenters. The summed E-state index contributed by atoms with van der Waals surface area (Å²) in [5.41, 5.74) is 2.67. The molecular weight excluding hydrogens is 304 g/mol. The molecule has 6 heteroatoms. The average molecular weight is 326 g/mol. The predicted molar refractivity (Wildman–Crippen MR) is 92.6 cm³/mol. The van der Waals surface area contributed by atoms with Gasteiger partial charge in [0.25, 0.3) is 5.91 Å². The molecule has 0 aliphatic carbocycles. The Hall–Kier alpha value is -2.63. The minimum absolute atomic E-state index is 0.110. The number of nitrogens with zero attached hydrogens (tertiary/aromatic N) is 2. The van der Waals surface area contributed by atoms with E-state index in [1.165, 1.54) is 5.56 Å². The summed E-state index contributed by atoms with van der Waals surface area (Å²) in [5, 5.41) is 6.19. The molecule has 0 atom stereocenters. The van der Waals surface area contributed by atoms with Crippen LogP contribution in [0.2, 0.25) is 0 Å². The van der Waals surface area contributed by atoms with Gasteiger partial charge in [-0.2, -0.15) is 0 Å². The number of aryl methyl sites for hydroxylation is 2. The van der Waals surface area contributed by atoms with E-state index in [4.69, 9.17) is 4.74 Å². The van der Waals surface area contributed by atoms with Gasteiger partial charge in [-0.3, -0.25) is 4.79 Å². The van der Waals surface area contributed by atoms with Crippen LogP contribution in [-0.2, 0) is 12.8 Å². The number of rotatable bonds is 6. The molecule has 0 bridgehead atoms. The van der Waals surface area contributed by atoms with Gasteiger partial charge in [0.05, 0.1) is 7.11 Å². The van der Waals surface area contributed by atoms with Gasteiger partial charge in [-0.05, 0) is 43.9 Å². The number of amides is 1. The lowest BCUT2D eigenvalue weighted by molar-refractivity contribution is 0.0940. The van der Waals surface area contributed by atoms with E-state index in [1.54, 1.807) is 7.11 Å². The fraction of sp³-hybridized carbons (Fsp3) is 0.389. The number of fused-ring (bicyclic) bond motifs is 1. The van der Waals surface area contributed by atoms with Crippen molar-refractivity contribution in [3.63, 3.8) is 0 Å². The topological polar surface area (TPSA) is 76.1 Å². The van der Waals surface area contributed by atoms with Crippen molar-refractivity contribution in [3.05, 3.63) is 46.9 Å². The lowest BCUT2D eigenvalue weighted by Crippen LogP contribution is -2.34. The van der Waals surface area contributed by atoms with Gasteiger partial charge in [-0.15, -0.1) is 0 Å². The van der Waals surface area contributed by atoms with Crippen LogP contribution >= 0.6 is 0 Å². The SMILES string of the molecule is COc1cccc(CCCNc2nc(C)nc3c2CCNC3=O)c1. The molecule has 1 aliphatic heterocycles. The maximum Gasteiger partial charge on any atom is 0.270 e. The van der Waals surface area contributed by atoms with E-state index in [2.05, 4.69) is 32.7 Å². The number of aromatic nitrogens is 2. The number of methoxy groups -OCH3 is 1. The van der Waals surface area contributed by atoms with Gasteiger partial charge in [0, 0.05) is 18.7 Å². The molecule has 6 nitrogen and oxygen atoms in total. The van der Waals surface area contributed by atoms with Gasteiger partial charge < -0.3 is 15.4 Å². The van der Waals surface area contributed by atoms with Gasteiger partial charge in [-0.25, -0.2) is 9.97 Å². The van der Waals surface area contributed by atoms with Gasteiger partial charge >= 0.3 is 0 Å². The molecule has 2 N–H and O–H groups in total. The summed E-state index contributed by atoms with van der Waals surface area (Å²) in [6.45, 7) is 3.24. The quantitative estimate of drug-likeness (QED) is 0.795. The summed E-state index contributed by atoms with van der Waals surface area (Å²) >= 11 is 0. The number of benzene rings is 1. The zero-order valence-corrected chi connectivity index (χ0v) is 14.1. The van der Waals surface area contributed by atoms with E-state index in [1.807, 2.05) is 19.1 Å². The number of hydrogen-bond donors (Lipinski definition) is 2. The van der Waals surface area contributed by atoms with Crippen molar-refractivity contribution >= 4 is 11.7 Å². The Morgan fingerprint density at radius 2 is 2.21 bits per heavy atom. The van der Waals surface area contributed by atoms with Crippen molar-refractivity contribution in [1.29, 1.82) is 0 Å². The van der Waals surface area contributed by atoms with Crippen LogP contribution in [-0.4, -0.2) is 36.1 Å². The van der Waals surface area contributed by atoms with Crippen LogP contribution in [0.1, 0.15) is 33.9 Å². The van der Waals surface area contributed by atoms with E-state index < -0.39 is 0 Å². The Labute approximate surface area is 141 Å². The maximum atomic E-state index is 11.9. The predicted octanol–water partition coefficient (Wildman–Crippen LogP) is 2.12. The Bertz CT molecular complexity index is 746. The highest BCUT2D eigenvalue weighted by Crippen LogP contribution is 2.20. The largest absolute Gasteiger partial charge is 0.497 e. The Balaban J connectivity index is 1.62. The van der Waals surface area contributed by atoms with Gasteiger partial charge in [-0.1, -0.05) is 12.1 Å². The highest BCUT2D eigenvalue weighted by atomic mass is 16.5. The fourth-order valence-electron chi connectivity index (χ4n) is 2.88. The summed E-state index contributed by atoms with van der Waals surface area (Å²) in [5.74, 6) is 2.17. The van der Waals surface area contributed by atoms with E-state index in [-0.39, 0.29) is 5.91 Å². The fourth-order valence-corrected chi connectivity index (χ4v) is 2.88. The van der Waals surface area contributed by atoms with Gasteiger partial charge in [0.15, 0.2) is 0 Å². The van der Waals surface area contributed by atoms with Crippen LogP contribution in [0, 0.1) is 6.92 Å². The molecule has 24 heavy (non-hydrogen) atoms. The van der Waals surface area contributed by atoms with Crippen molar-refractivity contribution < 1.29 is 9.53 Å². The van der Waals surface area contributed by atoms with E-state index in [9.17, 15) is 4.79 Å². The van der Waals surface area contributed by atoms with E-state index >= 15 is 0 Å². The van der Waals surface area contributed by atoms with Crippen molar-refractivity contribution in [2.24, 2.45) is 0 Å². The molecule has 0 fully saturated rings. The Kier molecular flexibility index (Phi) is 4.93. The molecule has 0 saturated heterocycles. The monoisotopic (exact) mass is 326 g/mol. The third-order valence-electron chi connectivity index (χ3n) is 4.06. The van der Waals surface area contributed by atoms with Gasteiger partial charge in [0.1, 0.15) is 23.1 Å². The number of carbonyl (C=O) groups is 1. The summed E-state index contributed by atoms with van der Waals surface area (Å²) < 4.78 is 5.25. The van der Waals surface area contributed by atoms with Crippen LogP contribution < -0.4 is 15.4 Å². The van der Waals surface area contributed by atoms with Crippen molar-refractivity contribution in [2.45, 2.75) is 26.2 Å². The molecule has 0 saturated carbocycles. The molecule has 126 valence electrons. The summed E-state index contributed by atoms with van der Waals surface area (Å²) in [4.78, 5) is 20.7. The zero-order chi connectivity index (χ0) is 16.9. The van der Waals surface area contributed by atoms with E-state index in [0.29, 0.717) is 18.1 Å². The summed E-state index contributed by atoms with van der Waals surface area (Å²) in [7, 11) is 1.68. The lowest BCUT2D eigenvalue weighted by atomic mass is 10.1. The first-order valence-corrected chi connectivity index (χ1v) is 8.20. The van der Waals surface area contributed by atoms with Crippen LogP contribution in [0.15, 0.2) is 24.3 Å². The molecule has 3 rings (SSSR count). The average Bonchev–Trinajstić information content (AvgIpc) is 2.59. The lowest BCUT2D eigenvalue weighted by Gasteiger charge is -2.19. The number of carbonyl (C=O) groups excluding carboxylic acids is 1. The molecule has 1 aliphatic rings. The molecule has 1 amide bonds. The number of ether oxygens (including phenoxy) is 1. The van der Waals surface area contributed by atoms with Crippen LogP contribution in [0.5, 0.6) is 5.75 Å². The minimum atomic E-state index is -0.110. The van der Waals surface area contributed by atoms with E-state index in [0.717, 1.165) is 42.9 Å². The van der Waals surface area contributed by atoms with Crippen LogP contribution in [0.25, 0.3) is 0 Å². The van der Waals surface area contributed by atoms with Crippen LogP contribution in [0.3, 0.4) is 0 Å². The molecule has 2 aromatic rings. The molecule has 2 heterocycles. The first-order valence-electron chi connectivity index (χ1n) is 8.20. The molecule has 1 aromatic heterocycles. The standard InChI is InChI=1S/C18H22N4O2/c1-12-21-16-15(8-10-20-18(16)23)17(22-12)19-9-4-6-13-5-3-7-14(11-13)24-2/h3,5,7,11H,4,6,8-10H2,1-2H3,(H,20,23)(H,19,21,22). The summed E-state index contributed by atoms with van der Waals surface area (Å²) in [6, 6.07) is 8.11. The number of hydrogen-bond acceptors (Lipinski definition) is 5. The Morgan fingerprint density at radius 3 is 3.04 bits per heavy atom. The second-order valence-corrected chi connectivity index (χ2v) is 5.83. The molecular formula is C18H22N4O2. The van der Waals surface area contributed by atoms with Crippen LogP contribution in [0.4, 0.5) is 5.82 Å². The van der Waals surface area contributed by atoms with Gasteiger partial charge in [0.2, 0.25) is 0 Å².